The second kappa shape index (κ2) is 5.35. The number of hydrogen-bond donors (Lipinski definition) is 0. The molecule has 1 fully saturated rings. The van der Waals surface area contributed by atoms with E-state index in [-0.39, 0.29) is 11.9 Å². The number of esters is 1. The molecule has 3 nitrogen and oxygen atoms in total. The molecule has 0 aromatic heterocycles. The molecule has 14 heavy (non-hydrogen) atoms. The average molecular weight is 199 g/mol. The zero-order chi connectivity index (χ0) is 10.6. The third-order valence-electron chi connectivity index (χ3n) is 3.00. The Morgan fingerprint density at radius 3 is 2.29 bits per heavy atom. The van der Waals surface area contributed by atoms with Crippen molar-refractivity contribution < 1.29 is 9.53 Å². The number of ether oxygens (including phenoxy) is 1. The quantitative estimate of drug-likeness (QED) is 0.646. The highest BCUT2D eigenvalue weighted by molar-refractivity contribution is 5.72. The van der Waals surface area contributed by atoms with Crippen LogP contribution in [0.15, 0.2) is 0 Å². The van der Waals surface area contributed by atoms with Crippen LogP contribution in [-0.4, -0.2) is 38.6 Å². The van der Waals surface area contributed by atoms with Crippen LogP contribution in [0.5, 0.6) is 0 Å². The molecule has 0 aromatic rings. The standard InChI is InChI=1S/C11H21NO2/c1-12(2)8-9-4-6-10(7-5-9)11(13)14-3/h9-10H,4-8H2,1-3H3/t9-,10-. The molecule has 3 heteroatoms. The molecule has 0 saturated heterocycles. The van der Waals surface area contributed by atoms with Gasteiger partial charge in [-0.1, -0.05) is 0 Å². The van der Waals surface area contributed by atoms with Gasteiger partial charge in [-0.3, -0.25) is 4.79 Å². The zero-order valence-electron chi connectivity index (χ0n) is 9.45. The van der Waals surface area contributed by atoms with Crippen LogP contribution in [-0.2, 0) is 9.53 Å². The molecule has 0 N–H and O–H groups in total. The van der Waals surface area contributed by atoms with Gasteiger partial charge < -0.3 is 9.64 Å². The summed E-state index contributed by atoms with van der Waals surface area (Å²) in [5, 5.41) is 0. The van der Waals surface area contributed by atoms with Crippen molar-refractivity contribution in [3.8, 4) is 0 Å². The molecule has 0 heterocycles. The van der Waals surface area contributed by atoms with Crippen molar-refractivity contribution in [2.45, 2.75) is 25.7 Å². The largest absolute Gasteiger partial charge is 0.469 e. The Morgan fingerprint density at radius 1 is 1.29 bits per heavy atom. The molecular formula is C11H21NO2. The molecule has 0 bridgehead atoms. The first kappa shape index (κ1) is 11.5. The van der Waals surface area contributed by atoms with Crippen LogP contribution in [0.25, 0.3) is 0 Å². The lowest BCUT2D eigenvalue weighted by atomic mass is 9.82. The summed E-state index contributed by atoms with van der Waals surface area (Å²) in [6.45, 7) is 1.15. The maximum atomic E-state index is 11.3. The molecule has 1 aliphatic carbocycles. The van der Waals surface area contributed by atoms with E-state index in [0.29, 0.717) is 0 Å². The minimum Gasteiger partial charge on any atom is -0.469 e. The van der Waals surface area contributed by atoms with E-state index in [0.717, 1.165) is 38.1 Å². The van der Waals surface area contributed by atoms with Crippen LogP contribution >= 0.6 is 0 Å². The van der Waals surface area contributed by atoms with Gasteiger partial charge in [0.05, 0.1) is 13.0 Å². The van der Waals surface area contributed by atoms with Crippen molar-refractivity contribution in [3.63, 3.8) is 0 Å². The number of rotatable bonds is 3. The van der Waals surface area contributed by atoms with Crippen LogP contribution in [0, 0.1) is 11.8 Å². The minimum absolute atomic E-state index is 0.0201. The van der Waals surface area contributed by atoms with E-state index in [1.807, 2.05) is 0 Å². The fourth-order valence-corrected chi connectivity index (χ4v) is 2.26. The van der Waals surface area contributed by atoms with Gasteiger partial charge in [0, 0.05) is 6.54 Å². The first-order chi connectivity index (χ1) is 6.63. The van der Waals surface area contributed by atoms with Gasteiger partial charge in [0.1, 0.15) is 0 Å². The lowest BCUT2D eigenvalue weighted by Crippen LogP contribution is -2.28. The molecule has 82 valence electrons. The van der Waals surface area contributed by atoms with Gasteiger partial charge in [-0.25, -0.2) is 0 Å². The van der Waals surface area contributed by atoms with Crippen LogP contribution in [0.1, 0.15) is 25.7 Å². The van der Waals surface area contributed by atoms with E-state index >= 15 is 0 Å². The van der Waals surface area contributed by atoms with E-state index in [2.05, 4.69) is 19.0 Å². The summed E-state index contributed by atoms with van der Waals surface area (Å²) in [7, 11) is 5.69. The van der Waals surface area contributed by atoms with Gasteiger partial charge in [0.25, 0.3) is 0 Å². The Hall–Kier alpha value is -0.570. The van der Waals surface area contributed by atoms with Crippen molar-refractivity contribution in [3.05, 3.63) is 0 Å². The summed E-state index contributed by atoms with van der Waals surface area (Å²) in [6, 6.07) is 0. The van der Waals surface area contributed by atoms with Crippen molar-refractivity contribution in [1.82, 2.24) is 4.90 Å². The van der Waals surface area contributed by atoms with Crippen LogP contribution < -0.4 is 0 Å². The number of methoxy groups -OCH3 is 1. The fraction of sp³-hybridized carbons (Fsp3) is 0.909. The summed E-state index contributed by atoms with van der Waals surface area (Å²) in [4.78, 5) is 13.5. The number of hydrogen-bond acceptors (Lipinski definition) is 3. The van der Waals surface area contributed by atoms with E-state index in [1.54, 1.807) is 0 Å². The molecule has 0 aliphatic heterocycles. The lowest BCUT2D eigenvalue weighted by molar-refractivity contribution is -0.146. The lowest BCUT2D eigenvalue weighted by Gasteiger charge is -2.28. The fourth-order valence-electron chi connectivity index (χ4n) is 2.26. The molecular weight excluding hydrogens is 178 g/mol. The van der Waals surface area contributed by atoms with E-state index in [1.165, 1.54) is 7.11 Å². The predicted molar refractivity (Wildman–Crippen MR) is 56.0 cm³/mol. The van der Waals surface area contributed by atoms with E-state index in [4.69, 9.17) is 4.74 Å². The van der Waals surface area contributed by atoms with Crippen LogP contribution in [0.2, 0.25) is 0 Å². The molecule has 1 rings (SSSR count). The van der Waals surface area contributed by atoms with Gasteiger partial charge >= 0.3 is 5.97 Å². The molecule has 0 spiro atoms. The van der Waals surface area contributed by atoms with E-state index < -0.39 is 0 Å². The Bertz CT molecular complexity index is 184. The normalized spacial score (nSPS) is 27.7. The SMILES string of the molecule is COC(=O)[C@H]1CC[C@H](CN(C)C)CC1. The topological polar surface area (TPSA) is 29.5 Å². The summed E-state index contributed by atoms with van der Waals surface area (Å²) < 4.78 is 4.76. The average Bonchev–Trinajstić information content (AvgIpc) is 2.17. The Labute approximate surface area is 86.4 Å². The summed E-state index contributed by atoms with van der Waals surface area (Å²) in [6.07, 6.45) is 4.34. The first-order valence-electron chi connectivity index (χ1n) is 5.36. The third-order valence-corrected chi connectivity index (χ3v) is 3.00. The maximum Gasteiger partial charge on any atom is 0.308 e. The highest BCUT2D eigenvalue weighted by Gasteiger charge is 2.26. The number of carbonyl (C=O) groups is 1. The predicted octanol–water partition coefficient (Wildman–Crippen LogP) is 1.53. The Morgan fingerprint density at radius 2 is 1.86 bits per heavy atom. The first-order valence-corrected chi connectivity index (χ1v) is 5.36. The zero-order valence-corrected chi connectivity index (χ0v) is 9.45. The maximum absolute atomic E-state index is 11.3. The Balaban J connectivity index is 2.27. The van der Waals surface area contributed by atoms with Crippen molar-refractivity contribution in [2.24, 2.45) is 11.8 Å². The third kappa shape index (κ3) is 3.29. The van der Waals surface area contributed by atoms with Gasteiger partial charge in [0.15, 0.2) is 0 Å². The number of nitrogens with zero attached hydrogens (tertiary/aromatic N) is 1. The van der Waals surface area contributed by atoms with Crippen molar-refractivity contribution in [1.29, 1.82) is 0 Å². The highest BCUT2D eigenvalue weighted by atomic mass is 16.5. The molecule has 0 radical (unpaired) electrons. The summed E-state index contributed by atoms with van der Waals surface area (Å²) in [5.41, 5.74) is 0. The molecule has 1 saturated carbocycles. The van der Waals surface area contributed by atoms with Crippen molar-refractivity contribution >= 4 is 5.97 Å². The molecule has 0 unspecified atom stereocenters. The van der Waals surface area contributed by atoms with Gasteiger partial charge in [0.2, 0.25) is 0 Å². The second-order valence-electron chi connectivity index (χ2n) is 4.50. The molecule has 1 aliphatic rings. The molecule has 0 aromatic carbocycles. The molecule has 0 amide bonds. The van der Waals surface area contributed by atoms with Crippen molar-refractivity contribution in [2.75, 3.05) is 27.7 Å². The monoisotopic (exact) mass is 199 g/mol. The van der Waals surface area contributed by atoms with E-state index in [9.17, 15) is 4.79 Å². The van der Waals surface area contributed by atoms with Gasteiger partial charge in [-0.05, 0) is 45.7 Å². The molecule has 0 atom stereocenters. The van der Waals surface area contributed by atoms with Gasteiger partial charge in [-0.15, -0.1) is 0 Å². The van der Waals surface area contributed by atoms with Crippen LogP contribution in [0.3, 0.4) is 0 Å². The highest BCUT2D eigenvalue weighted by Crippen LogP contribution is 2.29. The number of carbonyl (C=O) groups excluding carboxylic acids is 1. The van der Waals surface area contributed by atoms with Crippen LogP contribution in [0.4, 0.5) is 0 Å². The Kier molecular flexibility index (Phi) is 4.39. The summed E-state index contributed by atoms with van der Waals surface area (Å²) >= 11 is 0. The smallest absolute Gasteiger partial charge is 0.308 e. The minimum atomic E-state index is -0.0201. The second-order valence-corrected chi connectivity index (χ2v) is 4.50. The van der Waals surface area contributed by atoms with Gasteiger partial charge in [-0.2, -0.15) is 0 Å². The summed E-state index contributed by atoms with van der Waals surface area (Å²) in [5.74, 6) is 0.914.